The van der Waals surface area contributed by atoms with Crippen molar-refractivity contribution in [2.45, 2.75) is 25.0 Å². The summed E-state index contributed by atoms with van der Waals surface area (Å²) in [6.45, 7) is 2.54. The van der Waals surface area contributed by atoms with Gasteiger partial charge in [0.05, 0.1) is 11.9 Å². The predicted octanol–water partition coefficient (Wildman–Crippen LogP) is 1.63. The van der Waals surface area contributed by atoms with Crippen LogP contribution in [0.2, 0.25) is 0 Å². The third-order valence-corrected chi connectivity index (χ3v) is 6.01. The summed E-state index contributed by atoms with van der Waals surface area (Å²) in [5, 5.41) is 7.41. The van der Waals surface area contributed by atoms with Crippen LogP contribution in [0.1, 0.15) is 11.1 Å². The fourth-order valence-corrected chi connectivity index (χ4v) is 4.41. The third kappa shape index (κ3) is 4.09. The lowest BCUT2D eigenvalue weighted by Gasteiger charge is -2.45. The number of amides is 2. The molecule has 2 saturated heterocycles. The van der Waals surface area contributed by atoms with Gasteiger partial charge < -0.3 is 10.2 Å². The quantitative estimate of drug-likeness (QED) is 0.688. The maximum absolute atomic E-state index is 13.0. The molecule has 2 aliphatic heterocycles. The summed E-state index contributed by atoms with van der Waals surface area (Å²) in [5.41, 5.74) is 3.15. The van der Waals surface area contributed by atoms with Crippen LogP contribution in [0.5, 0.6) is 0 Å². The normalized spacial score (nSPS) is 21.6. The van der Waals surface area contributed by atoms with Crippen LogP contribution in [0.15, 0.2) is 73.1 Å². The Morgan fingerprint density at radius 3 is 2.45 bits per heavy atom. The van der Waals surface area contributed by atoms with Crippen molar-refractivity contribution in [2.24, 2.45) is 0 Å². The Labute approximate surface area is 181 Å². The van der Waals surface area contributed by atoms with Gasteiger partial charge in [0.15, 0.2) is 0 Å². The first-order chi connectivity index (χ1) is 15.2. The second kappa shape index (κ2) is 8.35. The number of rotatable bonds is 5. The molecule has 1 N–H and O–H groups in total. The lowest BCUT2D eigenvalue weighted by Crippen LogP contribution is -2.69. The van der Waals surface area contributed by atoms with Crippen molar-refractivity contribution in [1.82, 2.24) is 24.9 Å². The lowest BCUT2D eigenvalue weighted by atomic mass is 9.98. The van der Waals surface area contributed by atoms with E-state index in [0.29, 0.717) is 26.1 Å². The molecule has 0 radical (unpaired) electrons. The van der Waals surface area contributed by atoms with Gasteiger partial charge >= 0.3 is 0 Å². The second-order valence-corrected chi connectivity index (χ2v) is 8.16. The summed E-state index contributed by atoms with van der Waals surface area (Å²) in [4.78, 5) is 29.8. The van der Waals surface area contributed by atoms with Crippen molar-refractivity contribution in [3.63, 3.8) is 0 Å². The molecule has 158 valence electrons. The molecule has 0 aliphatic carbocycles. The molecule has 2 aliphatic rings. The Bertz CT molecular complexity index is 1070. The molecule has 2 atom stereocenters. The van der Waals surface area contributed by atoms with E-state index in [-0.39, 0.29) is 11.8 Å². The number of para-hydroxylation sites is 1. The first-order valence-electron chi connectivity index (χ1n) is 10.6. The Hall–Kier alpha value is -3.45. The molecular formula is C24H25N5O2. The van der Waals surface area contributed by atoms with Gasteiger partial charge in [-0.1, -0.05) is 48.5 Å². The van der Waals surface area contributed by atoms with Crippen LogP contribution in [0.4, 0.5) is 0 Å². The minimum absolute atomic E-state index is 0.0185. The van der Waals surface area contributed by atoms with Crippen LogP contribution in [0.25, 0.3) is 5.69 Å². The Kier molecular flexibility index (Phi) is 5.26. The van der Waals surface area contributed by atoms with E-state index in [1.165, 1.54) is 0 Å². The van der Waals surface area contributed by atoms with Gasteiger partial charge in [-0.2, -0.15) is 5.10 Å². The highest BCUT2D eigenvalue weighted by molar-refractivity contribution is 5.97. The Morgan fingerprint density at radius 2 is 1.68 bits per heavy atom. The van der Waals surface area contributed by atoms with Crippen LogP contribution in [0.3, 0.4) is 0 Å². The van der Waals surface area contributed by atoms with Crippen molar-refractivity contribution in [3.8, 4) is 5.69 Å². The molecule has 0 saturated carbocycles. The van der Waals surface area contributed by atoms with Crippen molar-refractivity contribution < 1.29 is 9.59 Å². The highest BCUT2D eigenvalue weighted by atomic mass is 16.2. The molecule has 0 unspecified atom stereocenters. The summed E-state index contributed by atoms with van der Waals surface area (Å²) in [5.74, 6) is -0.0461. The molecule has 3 heterocycles. The van der Waals surface area contributed by atoms with Crippen LogP contribution in [0, 0.1) is 0 Å². The molecule has 2 fully saturated rings. The molecule has 0 spiro atoms. The smallest absolute Gasteiger partial charge is 0.246 e. The van der Waals surface area contributed by atoms with Crippen molar-refractivity contribution in [3.05, 3.63) is 84.2 Å². The predicted molar refractivity (Wildman–Crippen MR) is 116 cm³/mol. The minimum Gasteiger partial charge on any atom is -0.342 e. The number of nitrogens with zero attached hydrogens (tertiary/aromatic N) is 4. The molecule has 7 nitrogen and oxygen atoms in total. The zero-order valence-corrected chi connectivity index (χ0v) is 17.2. The summed E-state index contributed by atoms with van der Waals surface area (Å²) >= 11 is 0. The third-order valence-electron chi connectivity index (χ3n) is 6.01. The average molecular weight is 415 g/mol. The molecule has 7 heteroatoms. The van der Waals surface area contributed by atoms with Crippen LogP contribution >= 0.6 is 0 Å². The van der Waals surface area contributed by atoms with E-state index in [1.54, 1.807) is 4.90 Å². The molecule has 2 amide bonds. The molecule has 3 aromatic rings. The molecule has 31 heavy (non-hydrogen) atoms. The van der Waals surface area contributed by atoms with Crippen molar-refractivity contribution >= 4 is 11.8 Å². The highest BCUT2D eigenvalue weighted by Gasteiger charge is 2.43. The van der Waals surface area contributed by atoms with E-state index < -0.39 is 12.1 Å². The van der Waals surface area contributed by atoms with Crippen molar-refractivity contribution in [1.29, 1.82) is 0 Å². The van der Waals surface area contributed by atoms with E-state index in [0.717, 1.165) is 23.4 Å². The first kappa shape index (κ1) is 19.5. The fourth-order valence-electron chi connectivity index (χ4n) is 4.41. The number of carbonyl (C=O) groups is 2. The number of carbonyl (C=O) groups excluding carboxylic acids is 2. The van der Waals surface area contributed by atoms with Gasteiger partial charge in [0.1, 0.15) is 12.1 Å². The standard InChI is InChI=1S/C24H25N5O2/c30-23-22-17-27(15-19-14-25-29(16-19)20-9-5-2-6-10-20)11-12-28(22)24(31)21(26-23)13-18-7-3-1-4-8-18/h1-10,14,16,21-22H,11-13,15,17H2,(H,26,30)/t21-,22+/m0/s1. The van der Waals surface area contributed by atoms with Gasteiger partial charge in [0.2, 0.25) is 11.8 Å². The maximum Gasteiger partial charge on any atom is 0.246 e. The summed E-state index contributed by atoms with van der Waals surface area (Å²) in [6.07, 6.45) is 4.40. The van der Waals surface area contributed by atoms with Gasteiger partial charge in [-0.15, -0.1) is 0 Å². The molecule has 5 rings (SSSR count). The van der Waals surface area contributed by atoms with E-state index >= 15 is 0 Å². The summed E-state index contributed by atoms with van der Waals surface area (Å²) in [6, 6.07) is 18.9. The zero-order chi connectivity index (χ0) is 21.2. The van der Waals surface area contributed by atoms with Gasteiger partial charge in [0, 0.05) is 44.4 Å². The maximum atomic E-state index is 13.0. The lowest BCUT2D eigenvalue weighted by molar-refractivity contribution is -0.153. The van der Waals surface area contributed by atoms with Crippen molar-refractivity contribution in [2.75, 3.05) is 19.6 Å². The van der Waals surface area contributed by atoms with E-state index in [2.05, 4.69) is 15.3 Å². The number of fused-ring (bicyclic) bond motifs is 1. The average Bonchev–Trinajstić information content (AvgIpc) is 3.27. The topological polar surface area (TPSA) is 70.5 Å². The molecule has 2 aromatic carbocycles. The van der Waals surface area contributed by atoms with E-state index in [1.807, 2.05) is 77.7 Å². The van der Waals surface area contributed by atoms with Crippen LogP contribution < -0.4 is 5.32 Å². The second-order valence-electron chi connectivity index (χ2n) is 8.16. The number of benzene rings is 2. The number of hydrogen-bond donors (Lipinski definition) is 1. The number of hydrogen-bond acceptors (Lipinski definition) is 4. The SMILES string of the molecule is O=C1N[C@@H](Cc2ccccc2)C(=O)N2CCN(Cc3cnn(-c4ccccc4)c3)C[C@H]12. The van der Waals surface area contributed by atoms with Crippen LogP contribution in [-0.4, -0.2) is 63.1 Å². The van der Waals surface area contributed by atoms with Gasteiger partial charge in [-0.05, 0) is 17.7 Å². The summed E-state index contributed by atoms with van der Waals surface area (Å²) in [7, 11) is 0. The largest absolute Gasteiger partial charge is 0.342 e. The van der Waals surface area contributed by atoms with Gasteiger partial charge in [-0.3, -0.25) is 14.5 Å². The van der Waals surface area contributed by atoms with E-state index in [4.69, 9.17) is 0 Å². The highest BCUT2D eigenvalue weighted by Crippen LogP contribution is 2.20. The number of aromatic nitrogens is 2. The molecule has 1 aromatic heterocycles. The summed E-state index contributed by atoms with van der Waals surface area (Å²) < 4.78 is 1.86. The number of piperazine rings is 2. The Morgan fingerprint density at radius 1 is 0.935 bits per heavy atom. The minimum atomic E-state index is -0.484. The van der Waals surface area contributed by atoms with Crippen LogP contribution in [-0.2, 0) is 22.6 Å². The molecular weight excluding hydrogens is 390 g/mol. The van der Waals surface area contributed by atoms with Gasteiger partial charge in [0.25, 0.3) is 0 Å². The first-order valence-corrected chi connectivity index (χ1v) is 10.6. The zero-order valence-electron chi connectivity index (χ0n) is 17.2. The monoisotopic (exact) mass is 415 g/mol. The fraction of sp³-hybridized carbons (Fsp3) is 0.292. The van der Waals surface area contributed by atoms with E-state index in [9.17, 15) is 9.59 Å². The molecule has 0 bridgehead atoms. The Balaban J connectivity index is 1.23. The number of nitrogens with one attached hydrogen (secondary N) is 1. The van der Waals surface area contributed by atoms with Gasteiger partial charge in [-0.25, -0.2) is 4.68 Å².